The fraction of sp³-hybridized carbons (Fsp3) is 0.500. The summed E-state index contributed by atoms with van der Waals surface area (Å²) in [5, 5.41) is 11.2. The second-order valence-corrected chi connectivity index (χ2v) is 6.20. The Bertz CT molecular complexity index is 704. The zero-order valence-electron chi connectivity index (χ0n) is 13.8. The largest absolute Gasteiger partial charge is 0.481 e. The third kappa shape index (κ3) is 5.51. The van der Waals surface area contributed by atoms with Gasteiger partial charge in [-0.15, -0.1) is 0 Å². The van der Waals surface area contributed by atoms with Gasteiger partial charge in [0.1, 0.15) is 0 Å². The van der Waals surface area contributed by atoms with Gasteiger partial charge in [-0.2, -0.15) is 26.3 Å². The van der Waals surface area contributed by atoms with Crippen molar-refractivity contribution in [1.29, 1.82) is 0 Å². The Morgan fingerprint density at radius 2 is 1.74 bits per heavy atom. The molecule has 150 valence electrons. The summed E-state index contributed by atoms with van der Waals surface area (Å²) in [5.41, 5.74) is 0.207. The molecule has 1 heterocycles. The number of amides is 2. The molecule has 2 rings (SSSR count). The molecule has 1 fully saturated rings. The number of para-hydroxylation sites is 1. The highest BCUT2D eigenvalue weighted by Gasteiger charge is 2.53. The standard InChI is InChI=1S/C16H16F6N2O3/c17-15(18,19)6-5-9-3-1-2-4-12(9)23-14(27)24-7-10(13(25)26)11(8-24)16(20,21)22/h1-4,10-11H,5-8H2,(H,23,27)(H,25,26)/t10-,11-/m1/s1. The number of aryl methyl sites for hydroxylation is 1. The van der Waals surface area contributed by atoms with Gasteiger partial charge in [-0.05, 0) is 18.1 Å². The molecule has 2 N–H and O–H groups in total. The molecule has 0 spiro atoms. The highest BCUT2D eigenvalue weighted by molar-refractivity contribution is 5.91. The topological polar surface area (TPSA) is 69.6 Å². The molecule has 1 aliphatic heterocycles. The van der Waals surface area contributed by atoms with Crippen LogP contribution in [0, 0.1) is 11.8 Å². The molecule has 1 saturated heterocycles. The summed E-state index contributed by atoms with van der Waals surface area (Å²) in [6, 6.07) is 4.62. The van der Waals surface area contributed by atoms with Crippen LogP contribution >= 0.6 is 0 Å². The molecule has 5 nitrogen and oxygen atoms in total. The molecule has 1 aromatic carbocycles. The summed E-state index contributed by atoms with van der Waals surface area (Å²) >= 11 is 0. The number of carboxylic acids is 1. The van der Waals surface area contributed by atoms with Gasteiger partial charge in [0, 0.05) is 25.2 Å². The van der Waals surface area contributed by atoms with Crippen LogP contribution in [0.2, 0.25) is 0 Å². The first-order valence-corrected chi connectivity index (χ1v) is 7.88. The monoisotopic (exact) mass is 398 g/mol. The van der Waals surface area contributed by atoms with E-state index in [1.54, 1.807) is 0 Å². The molecule has 1 aromatic rings. The number of nitrogens with one attached hydrogen (secondary N) is 1. The van der Waals surface area contributed by atoms with E-state index in [-0.39, 0.29) is 11.3 Å². The van der Waals surface area contributed by atoms with E-state index in [1.165, 1.54) is 24.3 Å². The molecule has 0 aliphatic carbocycles. The third-order valence-electron chi connectivity index (χ3n) is 4.28. The van der Waals surface area contributed by atoms with E-state index in [2.05, 4.69) is 5.32 Å². The predicted molar refractivity (Wildman–Crippen MR) is 82.1 cm³/mol. The zero-order valence-corrected chi connectivity index (χ0v) is 13.8. The number of rotatable bonds is 4. The van der Waals surface area contributed by atoms with Crippen molar-refractivity contribution in [2.75, 3.05) is 18.4 Å². The first-order chi connectivity index (χ1) is 12.4. The third-order valence-corrected chi connectivity index (χ3v) is 4.28. The average molecular weight is 398 g/mol. The van der Waals surface area contributed by atoms with Gasteiger partial charge >= 0.3 is 24.4 Å². The van der Waals surface area contributed by atoms with E-state index >= 15 is 0 Å². The van der Waals surface area contributed by atoms with Gasteiger partial charge in [0.05, 0.1) is 11.8 Å². The van der Waals surface area contributed by atoms with Gasteiger partial charge < -0.3 is 15.3 Å². The van der Waals surface area contributed by atoms with Crippen LogP contribution in [0.25, 0.3) is 0 Å². The van der Waals surface area contributed by atoms with E-state index in [1.807, 2.05) is 0 Å². The van der Waals surface area contributed by atoms with Gasteiger partial charge in [0.2, 0.25) is 0 Å². The van der Waals surface area contributed by atoms with Crippen LogP contribution in [0.1, 0.15) is 12.0 Å². The van der Waals surface area contributed by atoms with Crippen molar-refractivity contribution in [3.8, 4) is 0 Å². The van der Waals surface area contributed by atoms with Crippen molar-refractivity contribution in [1.82, 2.24) is 4.90 Å². The zero-order chi connectivity index (χ0) is 20.4. The Balaban J connectivity index is 2.11. The molecule has 1 aliphatic rings. The summed E-state index contributed by atoms with van der Waals surface area (Å²) in [4.78, 5) is 24.0. The van der Waals surface area contributed by atoms with Gasteiger partial charge in [0.15, 0.2) is 0 Å². The van der Waals surface area contributed by atoms with Crippen LogP contribution in [-0.4, -0.2) is 47.4 Å². The number of likely N-dealkylation sites (tertiary alicyclic amines) is 1. The summed E-state index contributed by atoms with van der Waals surface area (Å²) in [6.45, 7) is -1.48. The number of anilines is 1. The maximum atomic E-state index is 13.0. The number of halogens is 6. The molecule has 2 amide bonds. The Morgan fingerprint density at radius 3 is 2.26 bits per heavy atom. The van der Waals surface area contributed by atoms with E-state index < -0.39 is 62.1 Å². The van der Waals surface area contributed by atoms with Gasteiger partial charge in [-0.25, -0.2) is 4.79 Å². The summed E-state index contributed by atoms with van der Waals surface area (Å²) in [6.07, 6.45) is -10.7. The molecule has 27 heavy (non-hydrogen) atoms. The number of aliphatic carboxylic acids is 1. The lowest BCUT2D eigenvalue weighted by atomic mass is 9.96. The van der Waals surface area contributed by atoms with E-state index in [9.17, 15) is 35.9 Å². The Hall–Kier alpha value is -2.46. The number of alkyl halides is 6. The summed E-state index contributed by atoms with van der Waals surface area (Å²) in [5.74, 6) is -5.67. The van der Waals surface area contributed by atoms with Crippen LogP contribution in [0.5, 0.6) is 0 Å². The maximum absolute atomic E-state index is 13.0. The first-order valence-electron chi connectivity index (χ1n) is 7.88. The molecule has 0 bridgehead atoms. The van der Waals surface area contributed by atoms with Gasteiger partial charge in [0.25, 0.3) is 0 Å². The molecular weight excluding hydrogens is 382 g/mol. The first kappa shape index (κ1) is 20.8. The number of benzene rings is 1. The number of carbonyl (C=O) groups is 2. The van der Waals surface area contributed by atoms with Crippen molar-refractivity contribution >= 4 is 17.7 Å². The lowest BCUT2D eigenvalue weighted by Gasteiger charge is -2.20. The number of hydrogen-bond acceptors (Lipinski definition) is 2. The normalized spacial score (nSPS) is 20.6. The summed E-state index contributed by atoms with van der Waals surface area (Å²) < 4.78 is 76.1. The van der Waals surface area contributed by atoms with Crippen LogP contribution in [0.4, 0.5) is 36.8 Å². The number of carboxylic acid groups (broad SMARTS) is 1. The second-order valence-electron chi connectivity index (χ2n) is 6.20. The van der Waals surface area contributed by atoms with Gasteiger partial charge in [-0.3, -0.25) is 4.79 Å². The van der Waals surface area contributed by atoms with Crippen LogP contribution < -0.4 is 5.32 Å². The van der Waals surface area contributed by atoms with Crippen molar-refractivity contribution in [3.63, 3.8) is 0 Å². The molecule has 2 atom stereocenters. The second kappa shape index (κ2) is 7.65. The summed E-state index contributed by atoms with van der Waals surface area (Å²) in [7, 11) is 0. The maximum Gasteiger partial charge on any atom is 0.394 e. The van der Waals surface area contributed by atoms with Gasteiger partial charge in [-0.1, -0.05) is 18.2 Å². The molecule has 0 unspecified atom stereocenters. The van der Waals surface area contributed by atoms with E-state index in [0.29, 0.717) is 4.90 Å². The van der Waals surface area contributed by atoms with E-state index in [0.717, 1.165) is 0 Å². The van der Waals surface area contributed by atoms with Crippen molar-refractivity contribution in [2.24, 2.45) is 11.8 Å². The highest BCUT2D eigenvalue weighted by atomic mass is 19.4. The lowest BCUT2D eigenvalue weighted by molar-refractivity contribution is -0.187. The number of urea groups is 1. The van der Waals surface area contributed by atoms with Crippen molar-refractivity contribution in [2.45, 2.75) is 25.2 Å². The molecule has 0 saturated carbocycles. The Labute approximate surface area is 149 Å². The average Bonchev–Trinajstić information content (AvgIpc) is 2.99. The minimum atomic E-state index is -4.79. The quantitative estimate of drug-likeness (QED) is 0.756. The van der Waals surface area contributed by atoms with Crippen LogP contribution in [-0.2, 0) is 11.2 Å². The lowest BCUT2D eigenvalue weighted by Crippen LogP contribution is -2.35. The molecule has 0 aromatic heterocycles. The number of carbonyl (C=O) groups excluding carboxylic acids is 1. The van der Waals surface area contributed by atoms with Crippen molar-refractivity contribution < 1.29 is 41.0 Å². The molecular formula is C16H16F6N2O3. The Kier molecular flexibility index (Phi) is 5.91. The SMILES string of the molecule is O=C(O)[C@@H]1CN(C(=O)Nc2ccccc2CCC(F)(F)F)C[C@H]1C(F)(F)F. The van der Waals surface area contributed by atoms with Crippen molar-refractivity contribution in [3.05, 3.63) is 29.8 Å². The van der Waals surface area contributed by atoms with E-state index in [4.69, 9.17) is 5.11 Å². The highest BCUT2D eigenvalue weighted by Crippen LogP contribution is 2.38. The fourth-order valence-corrected chi connectivity index (χ4v) is 2.88. The number of nitrogens with zero attached hydrogens (tertiary/aromatic N) is 1. The Morgan fingerprint density at radius 1 is 1.11 bits per heavy atom. The van der Waals surface area contributed by atoms with Crippen LogP contribution in [0.15, 0.2) is 24.3 Å². The fourth-order valence-electron chi connectivity index (χ4n) is 2.88. The minimum Gasteiger partial charge on any atom is -0.481 e. The number of hydrogen-bond donors (Lipinski definition) is 2. The van der Waals surface area contributed by atoms with Crippen LogP contribution in [0.3, 0.4) is 0 Å². The minimum absolute atomic E-state index is 0.0362. The molecule has 11 heteroatoms. The predicted octanol–water partition coefficient (Wildman–Crippen LogP) is 3.91. The molecule has 0 radical (unpaired) electrons. The smallest absolute Gasteiger partial charge is 0.394 e.